The first-order chi connectivity index (χ1) is 31.6. The molecule has 4 bridgehead atoms. The molecule has 2 aliphatic heterocycles. The summed E-state index contributed by atoms with van der Waals surface area (Å²) in [4.78, 5) is 116. The molecule has 67 heavy (non-hydrogen) atoms. The third-order valence-corrected chi connectivity index (χ3v) is 13.3. The first-order valence-electron chi connectivity index (χ1n) is 21.5. The number of fused-ring (bicyclic) bond motifs is 5. The predicted molar refractivity (Wildman–Crippen MR) is 225 cm³/mol. The van der Waals surface area contributed by atoms with Gasteiger partial charge in [-0.05, 0) is 50.2 Å². The molecule has 0 unspecified atom stereocenters. The normalized spacial score (nSPS) is 34.1. The number of cyclic esters (lactones) is 1. The second-order valence-corrected chi connectivity index (χ2v) is 17.7. The van der Waals surface area contributed by atoms with Crippen molar-refractivity contribution in [3.05, 3.63) is 101 Å². The molecule has 4 aliphatic rings. The van der Waals surface area contributed by atoms with E-state index in [4.69, 9.17) is 42.6 Å². The van der Waals surface area contributed by atoms with Crippen LogP contribution >= 0.6 is 0 Å². The minimum atomic E-state index is -2.90. The number of carbonyl (C=O) groups excluding carboxylic acids is 8. The van der Waals surface area contributed by atoms with Gasteiger partial charge in [-0.2, -0.15) is 0 Å². The molecule has 1 spiro atoms. The first-order valence-corrected chi connectivity index (χ1v) is 21.5. The fourth-order valence-corrected chi connectivity index (χ4v) is 10.4. The third-order valence-electron chi connectivity index (χ3n) is 13.3. The lowest BCUT2D eigenvalue weighted by atomic mass is 9.45. The molecule has 1 aromatic heterocycles. The van der Waals surface area contributed by atoms with Gasteiger partial charge in [0.25, 0.3) is 0 Å². The summed E-state index contributed by atoms with van der Waals surface area (Å²) in [6, 6.07) is 17.8. The molecule has 1 N–H and O–H groups in total. The van der Waals surface area contributed by atoms with Gasteiger partial charge in [0.2, 0.25) is 0 Å². The Morgan fingerprint density at radius 3 is 1.76 bits per heavy atom. The van der Waals surface area contributed by atoms with Gasteiger partial charge in [-0.15, -0.1) is 0 Å². The highest BCUT2D eigenvalue weighted by atomic mass is 16.7. The summed E-state index contributed by atoms with van der Waals surface area (Å²) >= 11 is 0. The maximum Gasteiger partial charge on any atom is 0.340 e. The van der Waals surface area contributed by atoms with Crippen LogP contribution in [0, 0.1) is 17.3 Å². The van der Waals surface area contributed by atoms with Crippen LogP contribution in [0.3, 0.4) is 0 Å². The zero-order valence-corrected chi connectivity index (χ0v) is 38.0. The van der Waals surface area contributed by atoms with Gasteiger partial charge in [-0.3, -0.25) is 29.0 Å². The molecule has 1 saturated heterocycles. The summed E-state index contributed by atoms with van der Waals surface area (Å²) in [5, 5.41) is 13.8. The second kappa shape index (κ2) is 18.2. The van der Waals surface area contributed by atoms with Crippen LogP contribution in [-0.4, -0.2) is 124 Å². The number of esters is 8. The Bertz CT molecular complexity index is 2460. The number of hydrogen-bond acceptors (Lipinski definition) is 19. The van der Waals surface area contributed by atoms with Crippen LogP contribution in [0.15, 0.2) is 79.0 Å². The van der Waals surface area contributed by atoms with Crippen molar-refractivity contribution in [1.82, 2.24) is 4.98 Å². The van der Waals surface area contributed by atoms with Crippen molar-refractivity contribution < 1.29 is 86.1 Å². The SMILES string of the molecule is CC(=O)OC[C@]12[C@H](OC(=O)c3ccccc3)[C@H](OC(C)=O)[C@@H]3[C@@H](OC(C)=O)[C@@]14O[C@@]3(C)COC(=O)c1cccnc1[C@H](C)[C@H](C)C(=O)O[C@@H]([C@H](OC(C)=O)[C@@H]2OC(=O)c1ccccc1)[C@]4(C)O. The second-order valence-electron chi connectivity index (χ2n) is 17.7. The van der Waals surface area contributed by atoms with Gasteiger partial charge in [0.1, 0.15) is 42.0 Å². The number of rotatable bonds is 9. The lowest BCUT2D eigenvalue weighted by Crippen LogP contribution is -2.89. The molecule has 3 aromatic rings. The van der Waals surface area contributed by atoms with Gasteiger partial charge in [0.15, 0.2) is 30.0 Å². The molecule has 0 radical (unpaired) electrons. The van der Waals surface area contributed by atoms with Gasteiger partial charge in [-0.1, -0.05) is 50.2 Å². The summed E-state index contributed by atoms with van der Waals surface area (Å²) in [6.07, 6.45) is -11.1. The fraction of sp³-hybridized carbons (Fsp3) is 0.479. The van der Waals surface area contributed by atoms with E-state index in [1.54, 1.807) is 19.1 Å². The number of nitrogens with zero attached hydrogens (tertiary/aromatic N) is 1. The van der Waals surface area contributed by atoms with Crippen LogP contribution in [-0.2, 0) is 66.6 Å². The summed E-state index contributed by atoms with van der Waals surface area (Å²) in [7, 11) is 0. The Morgan fingerprint density at radius 1 is 0.687 bits per heavy atom. The van der Waals surface area contributed by atoms with Crippen LogP contribution in [0.25, 0.3) is 0 Å². The Morgan fingerprint density at radius 2 is 1.22 bits per heavy atom. The van der Waals surface area contributed by atoms with E-state index in [1.165, 1.54) is 80.7 Å². The lowest BCUT2D eigenvalue weighted by molar-refractivity contribution is -0.385. The molecule has 13 atom stereocenters. The van der Waals surface area contributed by atoms with Gasteiger partial charge in [0.05, 0.1) is 34.2 Å². The lowest BCUT2D eigenvalue weighted by Gasteiger charge is -2.67. The van der Waals surface area contributed by atoms with E-state index in [-0.39, 0.29) is 22.4 Å². The van der Waals surface area contributed by atoms with E-state index in [9.17, 15) is 43.5 Å². The van der Waals surface area contributed by atoms with Crippen LogP contribution in [0.1, 0.15) is 98.1 Å². The Kier molecular flexibility index (Phi) is 13.1. The zero-order valence-electron chi connectivity index (χ0n) is 38.0. The maximum atomic E-state index is 14.7. The number of carbonyl (C=O) groups is 8. The molecular weight excluding hydrogens is 879 g/mol. The van der Waals surface area contributed by atoms with Crippen molar-refractivity contribution in [1.29, 1.82) is 0 Å². The van der Waals surface area contributed by atoms with E-state index in [2.05, 4.69) is 4.98 Å². The van der Waals surface area contributed by atoms with Crippen molar-refractivity contribution >= 4 is 47.8 Å². The number of hydrogen-bond donors (Lipinski definition) is 1. The molecule has 19 nitrogen and oxygen atoms in total. The molecule has 7 rings (SSSR count). The number of aliphatic hydroxyl groups is 1. The largest absolute Gasteiger partial charge is 0.465 e. The number of ether oxygens (including phenoxy) is 9. The van der Waals surface area contributed by atoms with E-state index in [1.807, 2.05) is 0 Å². The van der Waals surface area contributed by atoms with Crippen molar-refractivity contribution in [2.45, 2.75) is 115 Å². The maximum absolute atomic E-state index is 14.7. The fourth-order valence-electron chi connectivity index (χ4n) is 10.4. The predicted octanol–water partition coefficient (Wildman–Crippen LogP) is 3.62. The van der Waals surface area contributed by atoms with Gasteiger partial charge in [0, 0.05) is 39.8 Å². The molecule has 3 heterocycles. The van der Waals surface area contributed by atoms with Gasteiger partial charge in [-0.25, -0.2) is 14.4 Å². The summed E-state index contributed by atoms with van der Waals surface area (Å²) in [5.74, 6) is -12.1. The Labute approximate surface area is 384 Å². The van der Waals surface area contributed by atoms with E-state index in [0.29, 0.717) is 0 Å². The molecule has 2 saturated carbocycles. The summed E-state index contributed by atoms with van der Waals surface area (Å²) in [6.45, 7) is 7.68. The molecule has 356 valence electrons. The van der Waals surface area contributed by atoms with Crippen molar-refractivity contribution in [2.75, 3.05) is 13.2 Å². The third kappa shape index (κ3) is 8.17. The van der Waals surface area contributed by atoms with Crippen LogP contribution in [0.5, 0.6) is 0 Å². The molecule has 19 heteroatoms. The van der Waals surface area contributed by atoms with Gasteiger partial charge < -0.3 is 47.7 Å². The molecule has 3 fully saturated rings. The monoisotopic (exact) mass is 929 g/mol. The number of aromatic nitrogens is 1. The molecule has 2 aliphatic carbocycles. The Hall–Kier alpha value is -6.73. The number of pyridine rings is 1. The average Bonchev–Trinajstić information content (AvgIpc) is 3.50. The van der Waals surface area contributed by atoms with Crippen LogP contribution in [0.2, 0.25) is 0 Å². The molecule has 0 amide bonds. The Balaban J connectivity index is 1.65. The highest BCUT2D eigenvalue weighted by Crippen LogP contribution is 2.70. The summed E-state index contributed by atoms with van der Waals surface area (Å²) in [5.41, 5.74) is -10.7. The average molecular weight is 930 g/mol. The van der Waals surface area contributed by atoms with E-state index >= 15 is 0 Å². The standard InChI is InChI=1S/C48H51NO18/c1-24-25(2)41(54)64-38-36(62-28(5)52)40(66-43(56)31-18-13-10-14-19-31)47(23-59-26(3)50)39(65-42(55)30-16-11-9-12-17-30)35(61-27(4)51)33-37(63-29(6)53)48(47,46(38,8)58)67-45(33,7)22-60-44(57)32-20-15-21-49-34(24)32/h9-21,24-25,33,35-40,58H,22-23H2,1-8H3/t24-,25+,33-,35-,36+,37-,38+,39-,40+,45+,46+,47-,48+/m1/s1. The smallest absolute Gasteiger partial charge is 0.340 e. The van der Waals surface area contributed by atoms with Crippen LogP contribution < -0.4 is 0 Å². The van der Waals surface area contributed by atoms with E-state index < -0.39 is 138 Å². The number of benzene rings is 2. The first kappa shape index (κ1) is 48.2. The minimum absolute atomic E-state index is 0.0562. The van der Waals surface area contributed by atoms with Crippen molar-refractivity contribution in [3.8, 4) is 0 Å². The molecule has 2 aromatic carbocycles. The van der Waals surface area contributed by atoms with Crippen molar-refractivity contribution in [3.63, 3.8) is 0 Å². The molecular formula is C48H51NO18. The zero-order chi connectivity index (χ0) is 48.8. The van der Waals surface area contributed by atoms with Gasteiger partial charge >= 0.3 is 47.8 Å². The minimum Gasteiger partial charge on any atom is -0.465 e. The van der Waals surface area contributed by atoms with Crippen LogP contribution in [0.4, 0.5) is 0 Å². The van der Waals surface area contributed by atoms with E-state index in [0.717, 1.165) is 34.6 Å². The highest BCUT2D eigenvalue weighted by molar-refractivity contribution is 5.92. The quantitative estimate of drug-likeness (QED) is 0.238. The topological polar surface area (TPSA) is 253 Å². The highest BCUT2D eigenvalue weighted by Gasteiger charge is 2.92. The summed E-state index contributed by atoms with van der Waals surface area (Å²) < 4.78 is 56.6. The van der Waals surface area contributed by atoms with Crippen molar-refractivity contribution in [2.24, 2.45) is 17.3 Å².